The molecule has 0 fully saturated rings. The van der Waals surface area contributed by atoms with Gasteiger partial charge >= 0.3 is 11.9 Å². The molecule has 104 valence electrons. The molecule has 0 bridgehead atoms. The largest absolute Gasteiger partial charge is 0.481 e. The third-order valence-corrected chi connectivity index (χ3v) is 2.39. The maximum atomic E-state index is 11.3. The molecule has 0 radical (unpaired) electrons. The van der Waals surface area contributed by atoms with E-state index in [2.05, 4.69) is 5.32 Å². The molecule has 0 unspecified atom stereocenters. The van der Waals surface area contributed by atoms with Crippen LogP contribution in [-0.2, 0) is 14.4 Å². The maximum Gasteiger partial charge on any atom is 0.320 e. The van der Waals surface area contributed by atoms with Crippen LogP contribution in [0.4, 0.5) is 0 Å². The van der Waals surface area contributed by atoms with Gasteiger partial charge in [-0.1, -0.05) is 6.42 Å². The number of rotatable bonds is 10. The number of carbonyl (C=O) groups is 3. The van der Waals surface area contributed by atoms with Crippen molar-refractivity contribution < 1.29 is 24.6 Å². The highest BCUT2D eigenvalue weighted by molar-refractivity contribution is 5.78. The van der Waals surface area contributed by atoms with Crippen LogP contribution in [0.25, 0.3) is 0 Å². The van der Waals surface area contributed by atoms with Gasteiger partial charge in [-0.25, -0.2) is 0 Å². The van der Waals surface area contributed by atoms with Crippen molar-refractivity contribution in [1.82, 2.24) is 5.32 Å². The maximum absolute atomic E-state index is 11.3. The summed E-state index contributed by atoms with van der Waals surface area (Å²) in [5.74, 6) is -2.16. The summed E-state index contributed by atoms with van der Waals surface area (Å²) in [6.07, 6.45) is 2.38. The second kappa shape index (κ2) is 9.41. The van der Waals surface area contributed by atoms with E-state index in [9.17, 15) is 14.4 Å². The van der Waals surface area contributed by atoms with Gasteiger partial charge < -0.3 is 21.3 Å². The van der Waals surface area contributed by atoms with Crippen LogP contribution in [0.1, 0.15) is 38.5 Å². The first-order chi connectivity index (χ1) is 8.43. The van der Waals surface area contributed by atoms with E-state index in [1.165, 1.54) is 0 Å². The van der Waals surface area contributed by atoms with Gasteiger partial charge in [0.1, 0.15) is 6.04 Å². The number of unbranched alkanes of at least 4 members (excludes halogenated alkanes) is 2. The van der Waals surface area contributed by atoms with Crippen molar-refractivity contribution in [2.45, 2.75) is 44.6 Å². The van der Waals surface area contributed by atoms with Crippen LogP contribution in [0.15, 0.2) is 0 Å². The van der Waals surface area contributed by atoms with Gasteiger partial charge in [-0.3, -0.25) is 14.4 Å². The lowest BCUT2D eigenvalue weighted by atomic mass is 10.1. The van der Waals surface area contributed by atoms with E-state index in [-0.39, 0.29) is 25.2 Å². The Labute approximate surface area is 105 Å². The quantitative estimate of drug-likeness (QED) is 0.407. The monoisotopic (exact) mass is 260 g/mol. The summed E-state index contributed by atoms with van der Waals surface area (Å²) in [4.78, 5) is 31.9. The van der Waals surface area contributed by atoms with Crippen LogP contribution in [0.2, 0.25) is 0 Å². The minimum atomic E-state index is -1.11. The third kappa shape index (κ3) is 9.59. The van der Waals surface area contributed by atoms with Crippen molar-refractivity contribution in [2.75, 3.05) is 6.54 Å². The summed E-state index contributed by atoms with van der Waals surface area (Å²) >= 11 is 0. The van der Waals surface area contributed by atoms with Gasteiger partial charge in [-0.05, 0) is 19.3 Å². The molecule has 0 aromatic heterocycles. The van der Waals surface area contributed by atoms with Gasteiger partial charge in [0.25, 0.3) is 0 Å². The number of carbonyl (C=O) groups excluding carboxylic acids is 1. The van der Waals surface area contributed by atoms with Crippen molar-refractivity contribution in [3.05, 3.63) is 0 Å². The standard InChI is InChI=1S/C11H20N2O5/c12-8(11(17)18)5-6-9(14)13-7-3-1-2-4-10(15)16/h8H,1-7,12H2,(H,13,14)(H,15,16)(H,17,18)/t8-/m0/s1. The molecule has 0 aromatic carbocycles. The molecule has 1 atom stereocenters. The van der Waals surface area contributed by atoms with Gasteiger partial charge in [0.05, 0.1) is 0 Å². The Kier molecular flexibility index (Phi) is 8.55. The molecule has 0 saturated heterocycles. The Balaban J connectivity index is 3.43. The van der Waals surface area contributed by atoms with Crippen LogP contribution in [-0.4, -0.2) is 40.6 Å². The predicted octanol–water partition coefficient (Wildman–Crippen LogP) is -0.0603. The predicted molar refractivity (Wildman–Crippen MR) is 64.0 cm³/mol. The molecular formula is C11H20N2O5. The van der Waals surface area contributed by atoms with Gasteiger partial charge in [0.2, 0.25) is 5.91 Å². The average molecular weight is 260 g/mol. The lowest BCUT2D eigenvalue weighted by Crippen LogP contribution is -2.32. The number of carboxylic acids is 2. The number of nitrogens with one attached hydrogen (secondary N) is 1. The number of aliphatic carboxylic acids is 2. The first-order valence-corrected chi connectivity index (χ1v) is 5.90. The number of nitrogens with two attached hydrogens (primary N) is 1. The number of amides is 1. The summed E-state index contributed by atoms with van der Waals surface area (Å²) in [5.41, 5.74) is 5.25. The molecule has 7 heteroatoms. The number of hydrogen-bond acceptors (Lipinski definition) is 4. The topological polar surface area (TPSA) is 130 Å². The van der Waals surface area contributed by atoms with Gasteiger partial charge in [0, 0.05) is 19.4 Å². The molecule has 0 aliphatic carbocycles. The van der Waals surface area contributed by atoms with Crippen LogP contribution >= 0.6 is 0 Å². The molecule has 0 spiro atoms. The van der Waals surface area contributed by atoms with E-state index >= 15 is 0 Å². The van der Waals surface area contributed by atoms with Crippen LogP contribution in [0.5, 0.6) is 0 Å². The SMILES string of the molecule is N[C@@H](CCC(=O)NCCCCCC(=O)O)C(=O)O. The zero-order valence-electron chi connectivity index (χ0n) is 10.2. The van der Waals surface area contributed by atoms with Crippen molar-refractivity contribution in [3.63, 3.8) is 0 Å². The fourth-order valence-electron chi connectivity index (χ4n) is 1.30. The molecule has 0 saturated carbocycles. The molecule has 1 amide bonds. The van der Waals surface area contributed by atoms with Crippen molar-refractivity contribution in [2.24, 2.45) is 5.73 Å². The highest BCUT2D eigenvalue weighted by Gasteiger charge is 2.12. The van der Waals surface area contributed by atoms with Gasteiger partial charge in [-0.15, -0.1) is 0 Å². The Bertz CT molecular complexity index is 293. The fraction of sp³-hybridized carbons (Fsp3) is 0.727. The lowest BCUT2D eigenvalue weighted by Gasteiger charge is -2.07. The molecular weight excluding hydrogens is 240 g/mol. The van der Waals surface area contributed by atoms with E-state index < -0.39 is 18.0 Å². The fourth-order valence-corrected chi connectivity index (χ4v) is 1.30. The molecule has 5 N–H and O–H groups in total. The molecule has 0 heterocycles. The van der Waals surface area contributed by atoms with Crippen molar-refractivity contribution >= 4 is 17.8 Å². The zero-order chi connectivity index (χ0) is 14.0. The van der Waals surface area contributed by atoms with E-state index in [1.807, 2.05) is 0 Å². The summed E-state index contributed by atoms with van der Waals surface area (Å²) in [6.45, 7) is 0.473. The third-order valence-electron chi connectivity index (χ3n) is 2.39. The normalized spacial score (nSPS) is 11.8. The highest BCUT2D eigenvalue weighted by Crippen LogP contribution is 1.99. The second-order valence-electron chi connectivity index (χ2n) is 4.04. The first kappa shape index (κ1) is 16.4. The molecule has 0 aliphatic heterocycles. The van der Waals surface area contributed by atoms with Crippen LogP contribution in [0.3, 0.4) is 0 Å². The number of carboxylic acid groups (broad SMARTS) is 2. The smallest absolute Gasteiger partial charge is 0.320 e. The van der Waals surface area contributed by atoms with E-state index in [0.29, 0.717) is 19.4 Å². The van der Waals surface area contributed by atoms with Crippen LogP contribution < -0.4 is 11.1 Å². The van der Waals surface area contributed by atoms with Gasteiger partial charge in [0.15, 0.2) is 0 Å². The Morgan fingerprint density at radius 3 is 2.28 bits per heavy atom. The van der Waals surface area contributed by atoms with Crippen molar-refractivity contribution in [1.29, 1.82) is 0 Å². The average Bonchev–Trinajstić information content (AvgIpc) is 2.29. The zero-order valence-corrected chi connectivity index (χ0v) is 10.2. The molecule has 18 heavy (non-hydrogen) atoms. The summed E-state index contributed by atoms with van der Waals surface area (Å²) < 4.78 is 0. The number of hydrogen-bond donors (Lipinski definition) is 4. The second-order valence-corrected chi connectivity index (χ2v) is 4.04. The Hall–Kier alpha value is -1.63. The minimum absolute atomic E-state index is 0.0859. The highest BCUT2D eigenvalue weighted by atomic mass is 16.4. The molecule has 0 aliphatic rings. The molecule has 0 aromatic rings. The summed E-state index contributed by atoms with van der Waals surface area (Å²) in [6, 6.07) is -1.01. The van der Waals surface area contributed by atoms with Crippen LogP contribution in [0, 0.1) is 0 Å². The van der Waals surface area contributed by atoms with Crippen molar-refractivity contribution in [3.8, 4) is 0 Å². The molecule has 0 rings (SSSR count). The van der Waals surface area contributed by atoms with E-state index in [1.54, 1.807) is 0 Å². The summed E-state index contributed by atoms with van der Waals surface area (Å²) in [5, 5.41) is 19.5. The van der Waals surface area contributed by atoms with E-state index in [4.69, 9.17) is 15.9 Å². The van der Waals surface area contributed by atoms with E-state index in [0.717, 1.165) is 6.42 Å². The Morgan fingerprint density at radius 2 is 1.72 bits per heavy atom. The minimum Gasteiger partial charge on any atom is -0.481 e. The first-order valence-electron chi connectivity index (χ1n) is 5.90. The molecule has 7 nitrogen and oxygen atoms in total. The lowest BCUT2D eigenvalue weighted by molar-refractivity contribution is -0.139. The summed E-state index contributed by atoms with van der Waals surface area (Å²) in [7, 11) is 0. The van der Waals surface area contributed by atoms with Gasteiger partial charge in [-0.2, -0.15) is 0 Å². The Morgan fingerprint density at radius 1 is 1.06 bits per heavy atom.